The maximum atomic E-state index is 12.0. The topological polar surface area (TPSA) is 92.1 Å². The standard InChI is InChI=1S/C12H15NO4S2/c1-3-18(14,15)12(19(16,17)4-2)11-7-5-10(9-13)6-8-11/h5-8,12H,3-4H2,1-2H3. The molecule has 0 aliphatic rings. The van der Waals surface area contributed by atoms with Crippen molar-refractivity contribution in [3.63, 3.8) is 0 Å². The van der Waals surface area contributed by atoms with Gasteiger partial charge in [-0.2, -0.15) is 5.26 Å². The Morgan fingerprint density at radius 2 is 1.42 bits per heavy atom. The lowest BCUT2D eigenvalue weighted by molar-refractivity contribution is 0.578. The van der Waals surface area contributed by atoms with E-state index < -0.39 is 24.3 Å². The van der Waals surface area contributed by atoms with Gasteiger partial charge in [0.2, 0.25) is 0 Å². The Labute approximate surface area is 113 Å². The average molecular weight is 301 g/mol. The van der Waals surface area contributed by atoms with Crippen LogP contribution in [0.2, 0.25) is 0 Å². The first-order chi connectivity index (χ1) is 8.78. The molecule has 7 heteroatoms. The molecule has 0 N–H and O–H groups in total. The van der Waals surface area contributed by atoms with Gasteiger partial charge in [-0.1, -0.05) is 26.0 Å². The second-order valence-electron chi connectivity index (χ2n) is 3.97. The molecule has 0 saturated heterocycles. The highest BCUT2D eigenvalue weighted by Crippen LogP contribution is 2.30. The van der Waals surface area contributed by atoms with Crippen LogP contribution in [0.1, 0.15) is 29.6 Å². The van der Waals surface area contributed by atoms with Crippen LogP contribution >= 0.6 is 0 Å². The molecule has 1 aromatic carbocycles. The summed E-state index contributed by atoms with van der Waals surface area (Å²) in [6, 6.07) is 7.49. The number of benzene rings is 1. The summed E-state index contributed by atoms with van der Waals surface area (Å²) in [4.78, 5) is 0. The molecule has 0 aromatic heterocycles. The van der Waals surface area contributed by atoms with E-state index in [0.717, 1.165) is 0 Å². The number of hydrogen-bond donors (Lipinski definition) is 0. The Bertz CT molecular complexity index is 648. The fourth-order valence-electron chi connectivity index (χ4n) is 1.66. The molecule has 5 nitrogen and oxygen atoms in total. The summed E-state index contributed by atoms with van der Waals surface area (Å²) in [7, 11) is -7.55. The van der Waals surface area contributed by atoms with Crippen molar-refractivity contribution in [2.24, 2.45) is 0 Å². The highest BCUT2D eigenvalue weighted by molar-refractivity contribution is 8.08. The lowest BCUT2D eigenvalue weighted by Crippen LogP contribution is -2.25. The van der Waals surface area contributed by atoms with Crippen LogP contribution in [0.5, 0.6) is 0 Å². The number of hydrogen-bond acceptors (Lipinski definition) is 5. The van der Waals surface area contributed by atoms with Crippen LogP contribution in [0.4, 0.5) is 0 Å². The lowest BCUT2D eigenvalue weighted by Gasteiger charge is -2.17. The van der Waals surface area contributed by atoms with Gasteiger partial charge in [0.1, 0.15) is 0 Å². The van der Waals surface area contributed by atoms with Crippen LogP contribution in [-0.2, 0) is 19.7 Å². The molecule has 0 amide bonds. The van der Waals surface area contributed by atoms with E-state index in [-0.39, 0.29) is 17.1 Å². The van der Waals surface area contributed by atoms with Crippen LogP contribution in [0.3, 0.4) is 0 Å². The van der Waals surface area contributed by atoms with Crippen molar-refractivity contribution in [2.45, 2.75) is 18.4 Å². The molecule has 0 spiro atoms. The van der Waals surface area contributed by atoms with Crippen LogP contribution in [0, 0.1) is 11.3 Å². The predicted molar refractivity (Wildman–Crippen MR) is 72.8 cm³/mol. The Hall–Kier alpha value is -1.39. The summed E-state index contributed by atoms with van der Waals surface area (Å²) < 4.78 is 46.5. The number of rotatable bonds is 5. The van der Waals surface area contributed by atoms with Gasteiger partial charge < -0.3 is 0 Å². The van der Waals surface area contributed by atoms with E-state index in [1.165, 1.54) is 38.1 Å². The van der Waals surface area contributed by atoms with E-state index in [1.807, 2.05) is 6.07 Å². The average Bonchev–Trinajstić information content (AvgIpc) is 2.39. The molecule has 0 saturated carbocycles. The van der Waals surface area contributed by atoms with Crippen LogP contribution in [-0.4, -0.2) is 28.3 Å². The van der Waals surface area contributed by atoms with Gasteiger partial charge in [0.05, 0.1) is 11.6 Å². The molecule has 0 fully saturated rings. The molecule has 0 unspecified atom stereocenters. The second kappa shape index (κ2) is 5.72. The molecule has 0 aliphatic carbocycles. The SMILES string of the molecule is CCS(=O)(=O)C(c1ccc(C#N)cc1)S(=O)(=O)CC. The Morgan fingerprint density at radius 1 is 1.00 bits per heavy atom. The van der Waals surface area contributed by atoms with E-state index in [9.17, 15) is 16.8 Å². The minimum atomic E-state index is -3.77. The summed E-state index contributed by atoms with van der Waals surface area (Å²) in [5, 5.41) is 8.69. The third-order valence-electron chi connectivity index (χ3n) is 2.77. The zero-order valence-electron chi connectivity index (χ0n) is 10.7. The highest BCUT2D eigenvalue weighted by atomic mass is 32.3. The maximum absolute atomic E-state index is 12.0. The molecule has 0 heterocycles. The summed E-state index contributed by atoms with van der Waals surface area (Å²) in [6.07, 6.45) is 0. The third-order valence-corrected chi connectivity index (χ3v) is 7.99. The molecule has 104 valence electrons. The second-order valence-corrected chi connectivity index (χ2v) is 9.02. The highest BCUT2D eigenvalue weighted by Gasteiger charge is 2.36. The molecular formula is C12H15NO4S2. The van der Waals surface area contributed by atoms with E-state index in [2.05, 4.69) is 0 Å². The third kappa shape index (κ3) is 3.33. The maximum Gasteiger partial charge on any atom is 0.187 e. The van der Waals surface area contributed by atoms with Gasteiger partial charge in [-0.05, 0) is 17.7 Å². The first kappa shape index (κ1) is 15.7. The minimum absolute atomic E-state index is 0.183. The zero-order chi connectivity index (χ0) is 14.7. The van der Waals surface area contributed by atoms with Crippen LogP contribution < -0.4 is 0 Å². The zero-order valence-corrected chi connectivity index (χ0v) is 12.3. The molecule has 1 aromatic rings. The van der Waals surface area contributed by atoms with E-state index in [4.69, 9.17) is 5.26 Å². The van der Waals surface area contributed by atoms with Gasteiger partial charge in [-0.25, -0.2) is 16.8 Å². The number of sulfone groups is 2. The lowest BCUT2D eigenvalue weighted by atomic mass is 10.2. The van der Waals surface area contributed by atoms with E-state index in [1.54, 1.807) is 0 Å². The monoisotopic (exact) mass is 301 g/mol. The first-order valence-corrected chi connectivity index (χ1v) is 9.14. The summed E-state index contributed by atoms with van der Waals surface area (Å²) >= 11 is 0. The summed E-state index contributed by atoms with van der Waals surface area (Å²) in [6.45, 7) is 2.83. The van der Waals surface area contributed by atoms with Gasteiger partial charge in [0.25, 0.3) is 0 Å². The Kier molecular flexibility index (Phi) is 4.71. The largest absolute Gasteiger partial charge is 0.227 e. The summed E-state index contributed by atoms with van der Waals surface area (Å²) in [5.41, 5.74) is 0.535. The van der Waals surface area contributed by atoms with Gasteiger partial charge in [-0.15, -0.1) is 0 Å². The molecule has 0 aliphatic heterocycles. The minimum Gasteiger partial charge on any atom is -0.227 e. The normalized spacial score (nSPS) is 12.3. The van der Waals surface area contributed by atoms with Gasteiger partial charge in [-0.3, -0.25) is 0 Å². The molecule has 0 radical (unpaired) electrons. The van der Waals surface area contributed by atoms with Crippen LogP contribution in [0.15, 0.2) is 24.3 Å². The van der Waals surface area contributed by atoms with E-state index in [0.29, 0.717) is 5.56 Å². The molecule has 0 atom stereocenters. The van der Waals surface area contributed by atoms with Crippen molar-refractivity contribution in [2.75, 3.05) is 11.5 Å². The van der Waals surface area contributed by atoms with Gasteiger partial charge >= 0.3 is 0 Å². The molecule has 1 rings (SSSR count). The predicted octanol–water partition coefficient (Wildman–Crippen LogP) is 1.43. The number of nitriles is 1. The van der Waals surface area contributed by atoms with Crippen molar-refractivity contribution in [3.05, 3.63) is 35.4 Å². The Morgan fingerprint density at radius 3 is 1.74 bits per heavy atom. The quantitative estimate of drug-likeness (QED) is 0.820. The Balaban J connectivity index is 3.46. The molecule has 19 heavy (non-hydrogen) atoms. The van der Waals surface area contributed by atoms with Gasteiger partial charge in [0, 0.05) is 11.5 Å². The fraction of sp³-hybridized carbons (Fsp3) is 0.417. The van der Waals surface area contributed by atoms with Crippen molar-refractivity contribution in [3.8, 4) is 6.07 Å². The van der Waals surface area contributed by atoms with Crippen molar-refractivity contribution < 1.29 is 16.8 Å². The smallest absolute Gasteiger partial charge is 0.187 e. The van der Waals surface area contributed by atoms with Crippen molar-refractivity contribution in [1.29, 1.82) is 5.26 Å². The number of nitrogens with zero attached hydrogens (tertiary/aromatic N) is 1. The van der Waals surface area contributed by atoms with Crippen molar-refractivity contribution >= 4 is 19.7 Å². The molecule has 0 bridgehead atoms. The van der Waals surface area contributed by atoms with Gasteiger partial charge in [0.15, 0.2) is 24.3 Å². The molecular weight excluding hydrogens is 286 g/mol. The first-order valence-electron chi connectivity index (χ1n) is 5.71. The van der Waals surface area contributed by atoms with Crippen LogP contribution in [0.25, 0.3) is 0 Å². The fourth-order valence-corrected chi connectivity index (χ4v) is 6.01. The van der Waals surface area contributed by atoms with E-state index >= 15 is 0 Å². The van der Waals surface area contributed by atoms with Crippen molar-refractivity contribution in [1.82, 2.24) is 0 Å². The summed E-state index contributed by atoms with van der Waals surface area (Å²) in [5.74, 6) is -0.506.